The molecule has 0 unspecified atom stereocenters. The molecule has 0 atom stereocenters. The SMILES string of the molecule is O=c1nc2sc3cc4ccccc4cc3n2c(-c2ccccc2)c1Br. The Morgan fingerprint density at radius 1 is 0.920 bits per heavy atom. The van der Waals surface area contributed by atoms with Gasteiger partial charge >= 0.3 is 0 Å². The Kier molecular flexibility index (Phi) is 3.26. The van der Waals surface area contributed by atoms with Gasteiger partial charge in [0.25, 0.3) is 5.56 Å². The van der Waals surface area contributed by atoms with E-state index in [-0.39, 0.29) is 5.56 Å². The lowest BCUT2D eigenvalue weighted by atomic mass is 10.1. The zero-order chi connectivity index (χ0) is 17.0. The van der Waals surface area contributed by atoms with E-state index in [1.54, 1.807) is 0 Å². The smallest absolute Gasteiger partial charge is 0.283 e. The lowest BCUT2D eigenvalue weighted by Gasteiger charge is -2.09. The largest absolute Gasteiger partial charge is 0.288 e. The average molecular weight is 407 g/mol. The number of nitrogens with zero attached hydrogens (tertiary/aromatic N) is 2. The van der Waals surface area contributed by atoms with Crippen molar-refractivity contribution in [1.29, 1.82) is 0 Å². The molecule has 2 aromatic heterocycles. The Bertz CT molecular complexity index is 1320. The van der Waals surface area contributed by atoms with Crippen LogP contribution in [0.1, 0.15) is 0 Å². The average Bonchev–Trinajstić information content (AvgIpc) is 2.98. The van der Waals surface area contributed by atoms with Crippen LogP contribution < -0.4 is 5.56 Å². The number of aromatic nitrogens is 2. The van der Waals surface area contributed by atoms with Crippen LogP contribution in [0.15, 0.2) is 76.0 Å². The topological polar surface area (TPSA) is 34.4 Å². The molecule has 0 aliphatic heterocycles. The minimum atomic E-state index is -0.241. The molecule has 0 saturated carbocycles. The molecular weight excluding hydrogens is 396 g/mol. The summed E-state index contributed by atoms with van der Waals surface area (Å²) in [4.78, 5) is 17.3. The van der Waals surface area contributed by atoms with Gasteiger partial charge in [-0.15, -0.1) is 0 Å². The second kappa shape index (κ2) is 5.51. The molecule has 5 aromatic rings. The van der Waals surface area contributed by atoms with Crippen molar-refractivity contribution < 1.29 is 0 Å². The molecule has 3 aromatic carbocycles. The van der Waals surface area contributed by atoms with Gasteiger partial charge in [0.1, 0.15) is 4.47 Å². The molecule has 0 amide bonds. The van der Waals surface area contributed by atoms with E-state index in [0.29, 0.717) is 9.43 Å². The molecule has 5 heteroatoms. The predicted molar refractivity (Wildman–Crippen MR) is 107 cm³/mol. The summed E-state index contributed by atoms with van der Waals surface area (Å²) >= 11 is 5.01. The summed E-state index contributed by atoms with van der Waals surface area (Å²) in [5, 5.41) is 2.35. The van der Waals surface area contributed by atoms with Crippen molar-refractivity contribution in [1.82, 2.24) is 9.38 Å². The minimum absolute atomic E-state index is 0.241. The summed E-state index contributed by atoms with van der Waals surface area (Å²) in [6.45, 7) is 0. The maximum absolute atomic E-state index is 12.4. The van der Waals surface area contributed by atoms with E-state index in [1.165, 1.54) is 22.1 Å². The van der Waals surface area contributed by atoms with Crippen molar-refractivity contribution in [3.63, 3.8) is 0 Å². The van der Waals surface area contributed by atoms with Crippen molar-refractivity contribution in [2.75, 3.05) is 0 Å². The zero-order valence-corrected chi connectivity index (χ0v) is 15.3. The molecule has 0 spiro atoms. The fraction of sp³-hybridized carbons (Fsp3) is 0. The molecule has 5 rings (SSSR count). The Labute approximate surface area is 155 Å². The van der Waals surface area contributed by atoms with Gasteiger partial charge in [-0.2, -0.15) is 4.98 Å². The van der Waals surface area contributed by atoms with Gasteiger partial charge in [0.05, 0.1) is 15.9 Å². The first-order valence-electron chi connectivity index (χ1n) is 7.81. The van der Waals surface area contributed by atoms with Crippen LogP contribution in [-0.2, 0) is 0 Å². The highest BCUT2D eigenvalue weighted by Gasteiger charge is 2.17. The molecule has 120 valence electrons. The lowest BCUT2D eigenvalue weighted by Crippen LogP contribution is -2.11. The summed E-state index contributed by atoms with van der Waals surface area (Å²) in [5.74, 6) is 0. The number of fused-ring (bicyclic) bond motifs is 4. The standard InChI is InChI=1S/C20H11BrN2OS/c21-17-18(12-6-2-1-3-7-12)23-15-10-13-8-4-5-9-14(13)11-16(15)25-20(23)22-19(17)24/h1-11H. The third-order valence-corrected chi connectivity index (χ3v) is 6.04. The molecule has 0 fully saturated rings. The number of thiazole rings is 1. The molecular formula is C20H11BrN2OS. The highest BCUT2D eigenvalue weighted by molar-refractivity contribution is 9.10. The molecule has 3 nitrogen and oxygen atoms in total. The van der Waals surface area contributed by atoms with Gasteiger partial charge in [-0.05, 0) is 44.4 Å². The van der Waals surface area contributed by atoms with E-state index in [1.807, 2.05) is 42.5 Å². The van der Waals surface area contributed by atoms with Crippen molar-refractivity contribution in [3.8, 4) is 11.3 Å². The van der Waals surface area contributed by atoms with Gasteiger partial charge in [-0.25, -0.2) is 0 Å². The summed E-state index contributed by atoms with van der Waals surface area (Å²) < 4.78 is 3.68. The summed E-state index contributed by atoms with van der Waals surface area (Å²) in [6, 6.07) is 22.5. The van der Waals surface area contributed by atoms with Gasteiger partial charge in [0, 0.05) is 0 Å². The van der Waals surface area contributed by atoms with Crippen LogP contribution in [0.25, 0.3) is 37.2 Å². The van der Waals surface area contributed by atoms with Crippen LogP contribution in [-0.4, -0.2) is 9.38 Å². The van der Waals surface area contributed by atoms with Crippen LogP contribution in [0.5, 0.6) is 0 Å². The first-order valence-corrected chi connectivity index (χ1v) is 9.42. The number of benzene rings is 3. The maximum atomic E-state index is 12.4. The van der Waals surface area contributed by atoms with Crippen molar-refractivity contribution >= 4 is 53.2 Å². The number of halogens is 1. The van der Waals surface area contributed by atoms with Crippen LogP contribution in [0, 0.1) is 0 Å². The van der Waals surface area contributed by atoms with Crippen molar-refractivity contribution in [3.05, 3.63) is 81.6 Å². The molecule has 25 heavy (non-hydrogen) atoms. The Balaban J connectivity index is 2.02. The number of hydrogen-bond donors (Lipinski definition) is 0. The fourth-order valence-electron chi connectivity index (χ4n) is 3.19. The molecule has 0 N–H and O–H groups in total. The van der Waals surface area contributed by atoms with Crippen molar-refractivity contribution in [2.45, 2.75) is 0 Å². The van der Waals surface area contributed by atoms with Crippen LogP contribution in [0.4, 0.5) is 0 Å². The Morgan fingerprint density at radius 2 is 1.60 bits per heavy atom. The highest BCUT2D eigenvalue weighted by atomic mass is 79.9. The van der Waals surface area contributed by atoms with E-state index in [4.69, 9.17) is 0 Å². The minimum Gasteiger partial charge on any atom is -0.283 e. The maximum Gasteiger partial charge on any atom is 0.288 e. The quantitative estimate of drug-likeness (QED) is 0.368. The molecule has 2 heterocycles. The fourth-order valence-corrected chi connectivity index (χ4v) is 4.73. The predicted octanol–water partition coefficient (Wildman–Crippen LogP) is 5.49. The van der Waals surface area contributed by atoms with Crippen molar-refractivity contribution in [2.24, 2.45) is 0 Å². The number of hydrogen-bond acceptors (Lipinski definition) is 3. The number of rotatable bonds is 1. The van der Waals surface area contributed by atoms with Gasteiger partial charge in [0.15, 0.2) is 4.96 Å². The summed E-state index contributed by atoms with van der Waals surface area (Å²) in [7, 11) is 0. The normalized spacial score (nSPS) is 11.6. The molecule has 0 aliphatic carbocycles. The lowest BCUT2D eigenvalue weighted by molar-refractivity contribution is 1.13. The van der Waals surface area contributed by atoms with E-state index in [0.717, 1.165) is 21.5 Å². The van der Waals surface area contributed by atoms with Gasteiger partial charge in [-0.1, -0.05) is 65.9 Å². The van der Waals surface area contributed by atoms with E-state index in [2.05, 4.69) is 49.6 Å². The second-order valence-electron chi connectivity index (χ2n) is 5.83. The third kappa shape index (κ3) is 2.23. The molecule has 0 saturated heterocycles. The Hall–Kier alpha value is -2.50. The first kappa shape index (κ1) is 14.8. The van der Waals surface area contributed by atoms with E-state index >= 15 is 0 Å². The first-order chi connectivity index (χ1) is 12.2. The highest BCUT2D eigenvalue weighted by Crippen LogP contribution is 2.35. The Morgan fingerprint density at radius 3 is 2.36 bits per heavy atom. The van der Waals surface area contributed by atoms with Crippen LogP contribution >= 0.6 is 27.3 Å². The van der Waals surface area contributed by atoms with Crippen LogP contribution in [0.3, 0.4) is 0 Å². The monoisotopic (exact) mass is 406 g/mol. The van der Waals surface area contributed by atoms with E-state index < -0.39 is 0 Å². The van der Waals surface area contributed by atoms with Gasteiger partial charge in [0.2, 0.25) is 0 Å². The molecule has 0 radical (unpaired) electrons. The second-order valence-corrected chi connectivity index (χ2v) is 7.63. The molecule has 0 aliphatic rings. The van der Waals surface area contributed by atoms with Gasteiger partial charge < -0.3 is 0 Å². The summed E-state index contributed by atoms with van der Waals surface area (Å²) in [5.41, 5.74) is 2.65. The summed E-state index contributed by atoms with van der Waals surface area (Å²) in [6.07, 6.45) is 0. The van der Waals surface area contributed by atoms with Gasteiger partial charge in [-0.3, -0.25) is 9.20 Å². The zero-order valence-electron chi connectivity index (χ0n) is 12.9. The van der Waals surface area contributed by atoms with Crippen LogP contribution in [0.2, 0.25) is 0 Å². The third-order valence-electron chi connectivity index (χ3n) is 4.32. The molecule has 0 bridgehead atoms. The van der Waals surface area contributed by atoms with E-state index in [9.17, 15) is 4.79 Å².